The minimum Gasteiger partial charge on any atom is -0.394 e. The van der Waals surface area contributed by atoms with Crippen LogP contribution in [0.1, 0.15) is 64.2 Å². The molecule has 9 rings (SSSR count). The van der Waals surface area contributed by atoms with Gasteiger partial charge in [-0.15, -0.1) is 0 Å². The van der Waals surface area contributed by atoms with Crippen LogP contribution < -0.4 is 21.3 Å². The van der Waals surface area contributed by atoms with Crippen molar-refractivity contribution in [3.63, 3.8) is 0 Å². The van der Waals surface area contributed by atoms with Gasteiger partial charge in [-0.2, -0.15) is 0 Å². The third-order valence-corrected chi connectivity index (χ3v) is 17.7. The average Bonchev–Trinajstić information content (AvgIpc) is 1.61. The number of amides is 4. The Morgan fingerprint density at radius 2 is 0.442 bits per heavy atom. The number of fused-ring (bicyclic) bond motifs is 8. The number of aliphatic hydroxyl groups is 20. The van der Waals surface area contributed by atoms with Crippen molar-refractivity contribution in [2.24, 2.45) is 0 Å². The quantitative estimate of drug-likeness (QED) is 0.0191. The van der Waals surface area contributed by atoms with Gasteiger partial charge < -0.3 is 133 Å². The van der Waals surface area contributed by atoms with E-state index in [1.807, 2.05) is 0 Å². The topological polar surface area (TPSA) is 578 Å². The zero-order chi connectivity index (χ0) is 75.4. The number of rotatable bonds is 32. The molecule has 0 spiro atoms. The maximum atomic E-state index is 13.6. The Balaban J connectivity index is 1.20. The zero-order valence-electron chi connectivity index (χ0n) is 55.2. The van der Waals surface area contributed by atoms with Crippen LogP contribution >= 0.6 is 0 Å². The number of nitrogens with zero attached hydrogens (tertiary/aromatic N) is 2. The van der Waals surface area contributed by atoms with E-state index in [1.54, 1.807) is 97.1 Å². The highest BCUT2D eigenvalue weighted by Gasteiger charge is 2.34. The summed E-state index contributed by atoms with van der Waals surface area (Å²) in [4.78, 5) is 71.9. The van der Waals surface area contributed by atoms with Crippen molar-refractivity contribution < 1.29 is 121 Å². The van der Waals surface area contributed by atoms with Crippen molar-refractivity contribution in [2.75, 3.05) is 52.6 Å². The van der Waals surface area contributed by atoms with Crippen LogP contribution in [0, 0.1) is 0 Å². The van der Waals surface area contributed by atoms with Crippen LogP contribution in [-0.4, -0.2) is 296 Å². The number of aromatic nitrogens is 4. The van der Waals surface area contributed by atoms with E-state index in [0.717, 1.165) is 0 Å². The molecular weight excluding hydrogens is 1360 g/mol. The number of benzene rings is 4. The summed E-state index contributed by atoms with van der Waals surface area (Å²) in [6.07, 6.45) is -22.8. The summed E-state index contributed by atoms with van der Waals surface area (Å²) in [5.74, 6) is -2.83. The number of hydrogen-bond donors (Lipinski definition) is 26. The largest absolute Gasteiger partial charge is 0.394 e. The molecule has 5 heterocycles. The molecule has 8 bridgehead atoms. The summed E-state index contributed by atoms with van der Waals surface area (Å²) < 4.78 is 0. The zero-order valence-corrected chi connectivity index (χ0v) is 55.2. The first-order valence-electron chi connectivity index (χ1n) is 32.7. The minimum atomic E-state index is -1.95. The minimum absolute atomic E-state index is 0.0857. The second-order valence-corrected chi connectivity index (χ2v) is 24.8. The highest BCUT2D eigenvalue weighted by Crippen LogP contribution is 2.39. The van der Waals surface area contributed by atoms with Gasteiger partial charge in [-0.1, -0.05) is 48.5 Å². The predicted molar refractivity (Wildman–Crippen MR) is 374 cm³/mol. The van der Waals surface area contributed by atoms with Gasteiger partial charge in [-0.05, 0) is 119 Å². The highest BCUT2D eigenvalue weighted by atomic mass is 16.4. The Morgan fingerprint density at radius 1 is 0.269 bits per heavy atom. The molecule has 32 nitrogen and oxygen atoms in total. The van der Waals surface area contributed by atoms with Gasteiger partial charge in [-0.25, -0.2) is 9.97 Å². The van der Waals surface area contributed by atoms with Gasteiger partial charge in [0.05, 0.1) is 73.6 Å². The van der Waals surface area contributed by atoms with Gasteiger partial charge in [0.2, 0.25) is 0 Å². The van der Waals surface area contributed by atoms with Crippen LogP contribution in [0.4, 0.5) is 0 Å². The molecule has 104 heavy (non-hydrogen) atoms. The van der Waals surface area contributed by atoms with E-state index >= 15 is 0 Å². The van der Waals surface area contributed by atoms with E-state index < -0.39 is 174 Å². The molecule has 26 N–H and O–H groups in total. The lowest BCUT2D eigenvalue weighted by Crippen LogP contribution is -2.49. The first-order valence-corrected chi connectivity index (χ1v) is 32.7. The number of hydrogen-bond acceptors (Lipinski definition) is 26. The van der Waals surface area contributed by atoms with Crippen LogP contribution in [-0.2, 0) is 0 Å². The number of aliphatic hydroxyl groups excluding tert-OH is 20. The fraction of sp³-hybridized carbons (Fsp3) is 0.333. The Morgan fingerprint density at radius 3 is 0.615 bits per heavy atom. The van der Waals surface area contributed by atoms with E-state index in [9.17, 15) is 121 Å². The third kappa shape index (κ3) is 18.2. The summed E-state index contributed by atoms with van der Waals surface area (Å²) in [5.41, 5.74) is 7.39. The standard InChI is InChI=1S/C72H82N8O24/c81-29-53(89)65(97)61(93)49(85)25-73-69(101)37-9-1-33(2-10-37)57-41-17-19-43(77-41)58(34-3-11-38(12-4-34)70(102)74-26-50(86)62(94)66(98)54(90)30-82)45-21-23-47(79-45)60(36-7-15-40(16-8-36)72(104)76-28-52(88)64(96)68(100)56(92)32-84)48-24-22-46(80-48)59(44-20-18-42(57)78-44)35-5-13-39(14-6-35)71(103)75-27-51(87)63(95)67(99)55(91)31-83/h1-24,49-56,61-68,77,80-100H,25-32H2,(H,73,101)(H,74,102)(H,75,103)(H,76,104). The number of aromatic amines is 2. The molecule has 4 aromatic carbocycles. The Labute approximate surface area is 591 Å². The predicted octanol–water partition coefficient (Wildman–Crippen LogP) is -4.01. The monoisotopic (exact) mass is 1440 g/mol. The van der Waals surface area contributed by atoms with Crippen LogP contribution in [0.5, 0.6) is 0 Å². The van der Waals surface area contributed by atoms with E-state index in [4.69, 9.17) is 9.97 Å². The summed E-state index contributed by atoms with van der Waals surface area (Å²) in [6.45, 7) is -5.95. The number of carbonyl (C=O) groups excluding carboxylic acids is 4. The average molecular weight is 1440 g/mol. The summed E-state index contributed by atoms with van der Waals surface area (Å²) in [5, 5.41) is 211. The van der Waals surface area contributed by atoms with E-state index in [0.29, 0.717) is 89.4 Å². The summed E-state index contributed by atoms with van der Waals surface area (Å²) >= 11 is 0. The van der Waals surface area contributed by atoms with E-state index in [1.165, 1.54) is 48.5 Å². The Hall–Kier alpha value is -9.44. The molecule has 16 atom stereocenters. The van der Waals surface area contributed by atoms with Crippen LogP contribution in [0.15, 0.2) is 121 Å². The fourth-order valence-electron chi connectivity index (χ4n) is 11.5. The Bertz CT molecular complexity index is 3820. The summed E-state index contributed by atoms with van der Waals surface area (Å²) in [7, 11) is 0. The number of nitrogens with one attached hydrogen (secondary N) is 6. The van der Waals surface area contributed by atoms with Crippen molar-refractivity contribution in [1.29, 1.82) is 0 Å². The molecule has 7 aromatic rings. The number of carbonyl (C=O) groups is 4. The summed E-state index contributed by atoms with van der Waals surface area (Å²) in [6, 6.07) is 32.0. The maximum Gasteiger partial charge on any atom is 0.251 e. The molecule has 0 fully saturated rings. The number of H-pyrrole nitrogens is 2. The lowest BCUT2D eigenvalue weighted by Gasteiger charge is -2.25. The molecule has 0 saturated heterocycles. The molecule has 554 valence electrons. The SMILES string of the molecule is O=C(NCC(O)C(O)C(O)C(O)CO)c1ccc(-c2c3nc(c(-c4ccc(C(=O)NCC(O)C(O)C(O)C(O)CO)cc4)c4ccc([nH]4)c(-c4ccc(C(=O)NCC(O)C(O)C(O)C(O)CO)cc4)c4nc(c(-c5ccc(C(=O)NCC(O)C(O)C(O)C(O)CO)cc5)c5ccc2[nH]5)C=C4)C=C3)cc1. The normalized spacial score (nSPS) is 16.8. The van der Waals surface area contributed by atoms with Gasteiger partial charge in [0.25, 0.3) is 23.6 Å². The van der Waals surface area contributed by atoms with Gasteiger partial charge in [0.1, 0.15) is 73.2 Å². The smallest absolute Gasteiger partial charge is 0.251 e. The van der Waals surface area contributed by atoms with Crippen molar-refractivity contribution >= 4 is 70.0 Å². The first kappa shape index (κ1) is 78.7. The van der Waals surface area contributed by atoms with Crippen LogP contribution in [0.25, 0.3) is 90.9 Å². The second kappa shape index (κ2) is 35.4. The van der Waals surface area contributed by atoms with E-state index in [2.05, 4.69) is 31.2 Å². The van der Waals surface area contributed by atoms with Gasteiger partial charge in [0.15, 0.2) is 0 Å². The fourth-order valence-corrected chi connectivity index (χ4v) is 11.5. The third-order valence-electron chi connectivity index (χ3n) is 17.7. The molecule has 2 aliphatic rings. The first-order chi connectivity index (χ1) is 49.7. The van der Waals surface area contributed by atoms with Crippen LogP contribution in [0.3, 0.4) is 0 Å². The Kier molecular flexibility index (Phi) is 26.8. The van der Waals surface area contributed by atoms with Gasteiger partial charge in [-0.3, -0.25) is 19.2 Å². The molecule has 3 aromatic heterocycles. The van der Waals surface area contributed by atoms with Crippen molar-refractivity contribution in [2.45, 2.75) is 97.7 Å². The second-order valence-electron chi connectivity index (χ2n) is 24.8. The molecular formula is C72H82N8O24. The molecule has 16 unspecified atom stereocenters. The molecule has 32 heteroatoms. The van der Waals surface area contributed by atoms with Crippen molar-refractivity contribution in [3.8, 4) is 44.5 Å². The van der Waals surface area contributed by atoms with Crippen molar-refractivity contribution in [3.05, 3.63) is 166 Å². The lowest BCUT2D eigenvalue weighted by atomic mass is 10.0. The molecule has 0 saturated carbocycles. The molecule has 4 amide bonds. The van der Waals surface area contributed by atoms with Crippen LogP contribution in [0.2, 0.25) is 0 Å². The van der Waals surface area contributed by atoms with Crippen molar-refractivity contribution in [1.82, 2.24) is 41.2 Å². The molecule has 0 radical (unpaired) electrons. The lowest BCUT2D eigenvalue weighted by molar-refractivity contribution is -0.113. The van der Waals surface area contributed by atoms with Gasteiger partial charge >= 0.3 is 0 Å². The maximum absolute atomic E-state index is 13.6. The van der Waals surface area contributed by atoms with E-state index in [-0.39, 0.29) is 22.3 Å². The molecule has 2 aliphatic heterocycles. The van der Waals surface area contributed by atoms with Gasteiger partial charge in [0, 0.05) is 92.8 Å². The highest BCUT2D eigenvalue weighted by molar-refractivity contribution is 6.03. The molecule has 0 aliphatic carbocycles.